The van der Waals surface area contributed by atoms with E-state index in [0.29, 0.717) is 16.8 Å². The van der Waals surface area contributed by atoms with Crippen LogP contribution in [0.4, 0.5) is 11.4 Å². The second kappa shape index (κ2) is 4.73. The normalized spacial score (nSPS) is 21.3. The molecule has 1 unspecified atom stereocenters. The van der Waals surface area contributed by atoms with Gasteiger partial charge in [0.05, 0.1) is 18.0 Å². The quantitative estimate of drug-likeness (QED) is 0.762. The van der Waals surface area contributed by atoms with Crippen LogP contribution in [0.25, 0.3) is 0 Å². The van der Waals surface area contributed by atoms with Crippen LogP contribution in [0.1, 0.15) is 12.8 Å². The number of halogens is 1. The number of benzene rings is 1. The van der Waals surface area contributed by atoms with Gasteiger partial charge >= 0.3 is 0 Å². The zero-order chi connectivity index (χ0) is 10.7. The molecule has 0 aliphatic carbocycles. The molecule has 1 aliphatic heterocycles. The van der Waals surface area contributed by atoms with Crippen molar-refractivity contribution in [3.05, 3.63) is 23.2 Å². The minimum Gasteiger partial charge on any atom is -0.397 e. The molecule has 0 aromatic heterocycles. The number of hydrogen-bond donors (Lipinski definition) is 2. The Labute approximate surface area is 94.6 Å². The van der Waals surface area contributed by atoms with E-state index in [-0.39, 0.29) is 0 Å². The highest BCUT2D eigenvalue weighted by Gasteiger charge is 2.14. The fourth-order valence-electron chi connectivity index (χ4n) is 1.74. The first-order chi connectivity index (χ1) is 7.25. The lowest BCUT2D eigenvalue weighted by atomic mass is 10.1. The van der Waals surface area contributed by atoms with Crippen LogP contribution in [0.15, 0.2) is 18.2 Å². The molecular formula is C11H15ClN2O. The summed E-state index contributed by atoms with van der Waals surface area (Å²) in [4.78, 5) is 0. The lowest BCUT2D eigenvalue weighted by Crippen LogP contribution is -2.30. The molecule has 15 heavy (non-hydrogen) atoms. The lowest BCUT2D eigenvalue weighted by molar-refractivity contribution is 0.0876. The molecule has 0 spiro atoms. The number of ether oxygens (including phenoxy) is 1. The summed E-state index contributed by atoms with van der Waals surface area (Å²) in [5, 5.41) is 4.03. The van der Waals surface area contributed by atoms with Gasteiger partial charge in [0.2, 0.25) is 0 Å². The van der Waals surface area contributed by atoms with Crippen molar-refractivity contribution in [3.63, 3.8) is 0 Å². The number of anilines is 2. The molecule has 3 nitrogen and oxygen atoms in total. The fourth-order valence-corrected chi connectivity index (χ4v) is 1.92. The van der Waals surface area contributed by atoms with Gasteiger partial charge in [-0.05, 0) is 31.0 Å². The smallest absolute Gasteiger partial charge is 0.0667 e. The molecule has 1 aromatic carbocycles. The fraction of sp³-hybridized carbons (Fsp3) is 0.455. The van der Waals surface area contributed by atoms with Gasteiger partial charge in [-0.1, -0.05) is 11.6 Å². The van der Waals surface area contributed by atoms with Gasteiger partial charge in [0, 0.05) is 17.7 Å². The van der Waals surface area contributed by atoms with Crippen molar-refractivity contribution in [3.8, 4) is 0 Å². The maximum Gasteiger partial charge on any atom is 0.0667 e. The van der Waals surface area contributed by atoms with Gasteiger partial charge in [-0.25, -0.2) is 0 Å². The highest BCUT2D eigenvalue weighted by molar-refractivity contribution is 6.31. The predicted molar refractivity (Wildman–Crippen MR) is 63.3 cm³/mol. The molecule has 0 bridgehead atoms. The van der Waals surface area contributed by atoms with Crippen molar-refractivity contribution in [2.75, 3.05) is 24.3 Å². The number of nitrogen functional groups attached to an aromatic ring is 1. The summed E-state index contributed by atoms with van der Waals surface area (Å²) in [7, 11) is 0. The van der Waals surface area contributed by atoms with E-state index in [0.717, 1.165) is 31.7 Å². The van der Waals surface area contributed by atoms with E-state index in [2.05, 4.69) is 5.32 Å². The van der Waals surface area contributed by atoms with Crippen LogP contribution < -0.4 is 11.1 Å². The van der Waals surface area contributed by atoms with Crippen LogP contribution in [0, 0.1) is 0 Å². The minimum atomic E-state index is 0.363. The van der Waals surface area contributed by atoms with Crippen LogP contribution in [0.2, 0.25) is 5.02 Å². The second-order valence-corrected chi connectivity index (χ2v) is 4.23. The number of hydrogen-bond acceptors (Lipinski definition) is 3. The molecule has 1 atom stereocenters. The topological polar surface area (TPSA) is 47.3 Å². The highest BCUT2D eigenvalue weighted by atomic mass is 35.5. The third kappa shape index (κ3) is 2.76. The summed E-state index contributed by atoms with van der Waals surface area (Å²) in [6, 6.07) is 5.87. The van der Waals surface area contributed by atoms with E-state index in [1.165, 1.54) is 0 Å². The monoisotopic (exact) mass is 226 g/mol. The molecule has 0 amide bonds. The lowest BCUT2D eigenvalue weighted by Gasteiger charge is -2.24. The van der Waals surface area contributed by atoms with Gasteiger partial charge in [-0.15, -0.1) is 0 Å². The van der Waals surface area contributed by atoms with Crippen LogP contribution in [-0.4, -0.2) is 19.3 Å². The van der Waals surface area contributed by atoms with Gasteiger partial charge < -0.3 is 15.8 Å². The third-order valence-electron chi connectivity index (χ3n) is 2.53. The van der Waals surface area contributed by atoms with E-state index < -0.39 is 0 Å². The Balaban J connectivity index is 2.03. The Morgan fingerprint density at radius 1 is 1.47 bits per heavy atom. The Morgan fingerprint density at radius 3 is 3.00 bits per heavy atom. The summed E-state index contributed by atoms with van der Waals surface area (Å²) >= 11 is 5.83. The summed E-state index contributed by atoms with van der Waals surface area (Å²) in [6.07, 6.45) is 2.23. The van der Waals surface area contributed by atoms with E-state index in [1.807, 2.05) is 12.1 Å². The standard InChI is InChI=1S/C11H15ClN2O/c12-8-3-4-11(10(13)6-8)14-9-2-1-5-15-7-9/h3-4,6,9,14H,1-2,5,7,13H2. The Hall–Kier alpha value is -0.930. The van der Waals surface area contributed by atoms with Gasteiger partial charge in [0.25, 0.3) is 0 Å². The largest absolute Gasteiger partial charge is 0.397 e. The zero-order valence-corrected chi connectivity index (χ0v) is 9.26. The molecule has 1 heterocycles. The van der Waals surface area contributed by atoms with Crippen molar-refractivity contribution in [2.24, 2.45) is 0 Å². The number of nitrogens with two attached hydrogens (primary N) is 1. The minimum absolute atomic E-state index is 0.363. The maximum atomic E-state index is 5.85. The van der Waals surface area contributed by atoms with Gasteiger partial charge in [0.15, 0.2) is 0 Å². The zero-order valence-electron chi connectivity index (χ0n) is 8.50. The summed E-state index contributed by atoms with van der Waals surface area (Å²) in [5.74, 6) is 0. The van der Waals surface area contributed by atoms with E-state index >= 15 is 0 Å². The molecule has 82 valence electrons. The molecule has 1 saturated heterocycles. The van der Waals surface area contributed by atoms with Crippen molar-refractivity contribution < 1.29 is 4.74 Å². The van der Waals surface area contributed by atoms with Crippen molar-refractivity contribution >= 4 is 23.0 Å². The second-order valence-electron chi connectivity index (χ2n) is 3.79. The first-order valence-corrected chi connectivity index (χ1v) is 5.53. The van der Waals surface area contributed by atoms with Gasteiger partial charge in [-0.2, -0.15) is 0 Å². The first-order valence-electron chi connectivity index (χ1n) is 5.15. The summed E-state index contributed by atoms with van der Waals surface area (Å²) in [5.41, 5.74) is 7.48. The van der Waals surface area contributed by atoms with Crippen LogP contribution >= 0.6 is 11.6 Å². The van der Waals surface area contributed by atoms with E-state index in [1.54, 1.807) is 6.07 Å². The molecule has 2 rings (SSSR count). The Kier molecular flexibility index (Phi) is 3.34. The first kappa shape index (κ1) is 10.6. The van der Waals surface area contributed by atoms with Gasteiger partial charge in [0.1, 0.15) is 0 Å². The average molecular weight is 227 g/mol. The third-order valence-corrected chi connectivity index (χ3v) is 2.77. The molecule has 1 fully saturated rings. The predicted octanol–water partition coefficient (Wildman–Crippen LogP) is 2.51. The number of rotatable bonds is 2. The molecular weight excluding hydrogens is 212 g/mol. The summed E-state index contributed by atoms with van der Waals surface area (Å²) in [6.45, 7) is 1.62. The molecule has 4 heteroatoms. The molecule has 1 aliphatic rings. The SMILES string of the molecule is Nc1cc(Cl)ccc1NC1CCCOC1. The van der Waals surface area contributed by atoms with Crippen LogP contribution in [-0.2, 0) is 4.74 Å². The molecule has 3 N–H and O–H groups in total. The maximum absolute atomic E-state index is 5.85. The molecule has 1 aromatic rings. The summed E-state index contributed by atoms with van der Waals surface area (Å²) < 4.78 is 5.39. The van der Waals surface area contributed by atoms with Crippen LogP contribution in [0.3, 0.4) is 0 Å². The number of nitrogens with one attached hydrogen (secondary N) is 1. The van der Waals surface area contributed by atoms with E-state index in [9.17, 15) is 0 Å². The van der Waals surface area contributed by atoms with Crippen molar-refractivity contribution in [2.45, 2.75) is 18.9 Å². The molecule has 0 saturated carbocycles. The van der Waals surface area contributed by atoms with Crippen LogP contribution in [0.5, 0.6) is 0 Å². The highest BCUT2D eigenvalue weighted by Crippen LogP contribution is 2.24. The van der Waals surface area contributed by atoms with E-state index in [4.69, 9.17) is 22.1 Å². The molecule has 0 radical (unpaired) electrons. The van der Waals surface area contributed by atoms with Crippen molar-refractivity contribution in [1.82, 2.24) is 0 Å². The Bertz CT molecular complexity index is 337. The van der Waals surface area contributed by atoms with Crippen molar-refractivity contribution in [1.29, 1.82) is 0 Å². The Morgan fingerprint density at radius 2 is 2.33 bits per heavy atom. The average Bonchev–Trinajstić information content (AvgIpc) is 2.24. The van der Waals surface area contributed by atoms with Gasteiger partial charge in [-0.3, -0.25) is 0 Å².